The van der Waals surface area contributed by atoms with Crippen LogP contribution in [-0.2, 0) is 9.53 Å². The summed E-state index contributed by atoms with van der Waals surface area (Å²) in [5, 5.41) is 0.880. The van der Waals surface area contributed by atoms with Gasteiger partial charge in [-0.3, -0.25) is 4.79 Å². The number of methoxy groups -OCH3 is 1. The van der Waals surface area contributed by atoms with Crippen LogP contribution >= 0.6 is 15.9 Å². The molecule has 0 amide bonds. The Hall–Kier alpha value is -0.310. The van der Waals surface area contributed by atoms with Crippen LogP contribution in [0, 0.1) is 0 Å². The molecule has 0 aromatic rings. The van der Waals surface area contributed by atoms with Crippen LogP contribution in [0.25, 0.3) is 0 Å². The summed E-state index contributed by atoms with van der Waals surface area (Å²) < 4.78 is 4.48. The first-order chi connectivity index (χ1) is 5.31. The molecule has 3 heteroatoms. The van der Waals surface area contributed by atoms with Gasteiger partial charge in [-0.15, -0.1) is 0 Å². The summed E-state index contributed by atoms with van der Waals surface area (Å²) in [6.45, 7) is 0. The Labute approximate surface area is 75.7 Å². The molecule has 2 nitrogen and oxygen atoms in total. The van der Waals surface area contributed by atoms with E-state index >= 15 is 0 Å². The molecule has 0 rings (SSSR count). The first-order valence-electron chi connectivity index (χ1n) is 3.59. The minimum atomic E-state index is -0.128. The van der Waals surface area contributed by atoms with Gasteiger partial charge in [-0.05, 0) is 12.8 Å². The van der Waals surface area contributed by atoms with Crippen molar-refractivity contribution in [2.45, 2.75) is 19.3 Å². The molecule has 64 valence electrons. The number of hydrogen-bond acceptors (Lipinski definition) is 2. The van der Waals surface area contributed by atoms with E-state index < -0.39 is 0 Å². The Bertz CT molecular complexity index is 132. The van der Waals surface area contributed by atoms with Gasteiger partial charge in [0.25, 0.3) is 0 Å². The average Bonchev–Trinajstić information content (AvgIpc) is 2.04. The molecule has 0 fully saturated rings. The highest BCUT2D eigenvalue weighted by molar-refractivity contribution is 9.09. The number of unbranched alkanes of at least 4 members (excludes halogenated alkanes) is 1. The minimum Gasteiger partial charge on any atom is -0.469 e. The number of esters is 1. The normalized spacial score (nSPS) is 10.4. The first-order valence-corrected chi connectivity index (χ1v) is 4.71. The Morgan fingerprint density at radius 1 is 1.55 bits per heavy atom. The summed E-state index contributed by atoms with van der Waals surface area (Å²) in [5.74, 6) is -0.128. The zero-order valence-electron chi connectivity index (χ0n) is 6.68. The van der Waals surface area contributed by atoms with Crippen molar-refractivity contribution in [3.05, 3.63) is 12.2 Å². The van der Waals surface area contributed by atoms with E-state index in [-0.39, 0.29) is 5.97 Å². The molecule has 0 heterocycles. The lowest BCUT2D eigenvalue weighted by Gasteiger charge is -1.94. The second-order valence-corrected chi connectivity index (χ2v) is 2.74. The lowest BCUT2D eigenvalue weighted by molar-refractivity contribution is -0.140. The van der Waals surface area contributed by atoms with Crippen LogP contribution < -0.4 is 0 Å². The lowest BCUT2D eigenvalue weighted by Crippen LogP contribution is -1.98. The van der Waals surface area contributed by atoms with Gasteiger partial charge >= 0.3 is 5.97 Å². The second kappa shape index (κ2) is 7.79. The highest BCUT2D eigenvalue weighted by Gasteiger charge is 1.96. The van der Waals surface area contributed by atoms with Gasteiger partial charge in [0, 0.05) is 11.8 Å². The molecule has 0 aliphatic carbocycles. The third-order valence-electron chi connectivity index (χ3n) is 1.24. The fraction of sp³-hybridized carbons (Fsp3) is 0.625. The van der Waals surface area contributed by atoms with Gasteiger partial charge < -0.3 is 4.74 Å². The van der Waals surface area contributed by atoms with Crippen LogP contribution in [0.15, 0.2) is 12.2 Å². The number of alkyl halides is 1. The largest absolute Gasteiger partial charge is 0.469 e. The summed E-state index contributed by atoms with van der Waals surface area (Å²) in [5.41, 5.74) is 0. The van der Waals surface area contributed by atoms with Crippen LogP contribution in [0.1, 0.15) is 19.3 Å². The maximum Gasteiger partial charge on any atom is 0.305 e. The molecule has 0 N–H and O–H groups in total. The molecule has 0 unspecified atom stereocenters. The van der Waals surface area contributed by atoms with Crippen molar-refractivity contribution >= 4 is 21.9 Å². The summed E-state index contributed by atoms with van der Waals surface area (Å²) in [4.78, 5) is 10.6. The van der Waals surface area contributed by atoms with Crippen molar-refractivity contribution in [3.63, 3.8) is 0 Å². The number of carbonyl (C=O) groups excluding carboxylic acids is 1. The van der Waals surface area contributed by atoms with Gasteiger partial charge in [-0.25, -0.2) is 0 Å². The summed E-state index contributed by atoms with van der Waals surface area (Å²) in [6.07, 6.45) is 6.41. The molecule has 0 bridgehead atoms. The minimum absolute atomic E-state index is 0.128. The van der Waals surface area contributed by atoms with Gasteiger partial charge in [-0.2, -0.15) is 0 Å². The van der Waals surface area contributed by atoms with E-state index in [1.807, 2.05) is 6.08 Å². The molecule has 0 radical (unpaired) electrons. The third kappa shape index (κ3) is 7.59. The quantitative estimate of drug-likeness (QED) is 0.308. The number of hydrogen-bond donors (Lipinski definition) is 0. The van der Waals surface area contributed by atoms with Crippen LogP contribution in [0.4, 0.5) is 0 Å². The van der Waals surface area contributed by atoms with E-state index in [9.17, 15) is 4.79 Å². The highest BCUT2D eigenvalue weighted by Crippen LogP contribution is 1.98. The summed E-state index contributed by atoms with van der Waals surface area (Å²) in [7, 11) is 1.41. The average molecular weight is 221 g/mol. The van der Waals surface area contributed by atoms with Gasteiger partial charge in [0.2, 0.25) is 0 Å². The fourth-order valence-electron chi connectivity index (χ4n) is 0.647. The molecule has 0 atom stereocenters. The Morgan fingerprint density at radius 3 is 2.82 bits per heavy atom. The van der Waals surface area contributed by atoms with Crippen LogP contribution in [0.3, 0.4) is 0 Å². The summed E-state index contributed by atoms with van der Waals surface area (Å²) in [6, 6.07) is 0. The monoisotopic (exact) mass is 220 g/mol. The van der Waals surface area contributed by atoms with Crippen molar-refractivity contribution in [1.29, 1.82) is 0 Å². The molecule has 0 spiro atoms. The smallest absolute Gasteiger partial charge is 0.305 e. The van der Waals surface area contributed by atoms with Crippen molar-refractivity contribution in [2.75, 3.05) is 12.4 Å². The van der Waals surface area contributed by atoms with E-state index in [0.717, 1.165) is 18.2 Å². The molecular weight excluding hydrogens is 208 g/mol. The van der Waals surface area contributed by atoms with Crippen LogP contribution in [-0.4, -0.2) is 18.4 Å². The van der Waals surface area contributed by atoms with E-state index in [2.05, 4.69) is 26.7 Å². The third-order valence-corrected chi connectivity index (χ3v) is 1.61. The highest BCUT2D eigenvalue weighted by atomic mass is 79.9. The maximum absolute atomic E-state index is 10.6. The molecule has 0 aliphatic heterocycles. The standard InChI is InChI=1S/C8H13BrO2/c1-11-8(10)6-4-2-3-5-7-9/h3,5H,2,4,6-7H2,1H3. The number of rotatable bonds is 5. The SMILES string of the molecule is COC(=O)CCCC=CCBr. The van der Waals surface area contributed by atoms with E-state index in [1.54, 1.807) is 0 Å². The molecule has 0 aromatic heterocycles. The second-order valence-electron chi connectivity index (χ2n) is 2.09. The number of ether oxygens (including phenoxy) is 1. The van der Waals surface area contributed by atoms with Crippen molar-refractivity contribution < 1.29 is 9.53 Å². The van der Waals surface area contributed by atoms with Crippen molar-refractivity contribution in [3.8, 4) is 0 Å². The van der Waals surface area contributed by atoms with Gasteiger partial charge in [-0.1, -0.05) is 28.1 Å². The van der Waals surface area contributed by atoms with E-state index in [4.69, 9.17) is 0 Å². The van der Waals surface area contributed by atoms with E-state index in [1.165, 1.54) is 7.11 Å². The van der Waals surface area contributed by atoms with Gasteiger partial charge in [0.15, 0.2) is 0 Å². The van der Waals surface area contributed by atoms with Gasteiger partial charge in [0.05, 0.1) is 7.11 Å². The molecule has 0 saturated heterocycles. The maximum atomic E-state index is 10.6. The van der Waals surface area contributed by atoms with Crippen molar-refractivity contribution in [1.82, 2.24) is 0 Å². The van der Waals surface area contributed by atoms with Crippen molar-refractivity contribution in [2.24, 2.45) is 0 Å². The zero-order chi connectivity index (χ0) is 8.53. The molecule has 0 aliphatic rings. The summed E-state index contributed by atoms with van der Waals surface area (Å²) >= 11 is 3.27. The number of carbonyl (C=O) groups is 1. The van der Waals surface area contributed by atoms with E-state index in [0.29, 0.717) is 6.42 Å². The van der Waals surface area contributed by atoms with Gasteiger partial charge in [0.1, 0.15) is 0 Å². The Kier molecular flexibility index (Phi) is 7.57. The first kappa shape index (κ1) is 10.7. The molecular formula is C8H13BrO2. The zero-order valence-corrected chi connectivity index (χ0v) is 8.26. The lowest BCUT2D eigenvalue weighted by atomic mass is 10.2. The topological polar surface area (TPSA) is 26.3 Å². The van der Waals surface area contributed by atoms with Crippen LogP contribution in [0.2, 0.25) is 0 Å². The molecule has 0 saturated carbocycles. The van der Waals surface area contributed by atoms with Crippen LogP contribution in [0.5, 0.6) is 0 Å². The fourth-order valence-corrected chi connectivity index (χ4v) is 0.911. The Morgan fingerprint density at radius 2 is 2.27 bits per heavy atom. The predicted molar refractivity (Wildman–Crippen MR) is 48.8 cm³/mol. The number of allylic oxidation sites excluding steroid dienone is 2. The number of halogens is 1. The molecule has 11 heavy (non-hydrogen) atoms. The predicted octanol–water partition coefficient (Wildman–Crippen LogP) is 2.28. The molecule has 0 aromatic carbocycles. The Balaban J connectivity index is 3.14.